The summed E-state index contributed by atoms with van der Waals surface area (Å²) in [6.07, 6.45) is 4.45. The first kappa shape index (κ1) is 10.1. The van der Waals surface area contributed by atoms with Gasteiger partial charge in [0.1, 0.15) is 0 Å². The molecule has 2 heterocycles. The zero-order valence-corrected chi connectivity index (χ0v) is 8.85. The van der Waals surface area contributed by atoms with Crippen LogP contribution in [0, 0.1) is 0 Å². The molecule has 1 atom stereocenters. The molecule has 0 saturated carbocycles. The topological polar surface area (TPSA) is 50.4 Å². The molecule has 2 rings (SSSR count). The Hall–Kier alpha value is -1.42. The molecule has 0 amide bonds. The first-order valence-electron chi connectivity index (χ1n) is 5.09. The molecule has 4 nitrogen and oxygen atoms in total. The number of aliphatic hydroxyl groups is 1. The lowest BCUT2D eigenvalue weighted by Crippen LogP contribution is -2.11. The van der Waals surface area contributed by atoms with E-state index in [-0.39, 0.29) is 12.6 Å². The second-order valence-corrected chi connectivity index (χ2v) is 3.77. The standard InChI is InChI=1S/C11H15N3O/c1-3-4-14-11(7-15)9-6-12-8(2)5-10(9)13-14/h3,6,8,15H,1,4-5,7H2,2H3/t8-/m1/s1. The van der Waals surface area contributed by atoms with E-state index in [1.165, 1.54) is 0 Å². The summed E-state index contributed by atoms with van der Waals surface area (Å²) in [6, 6.07) is 0.288. The van der Waals surface area contributed by atoms with Gasteiger partial charge in [0.2, 0.25) is 0 Å². The fraction of sp³-hybridized carbons (Fsp3) is 0.455. The third-order valence-corrected chi connectivity index (χ3v) is 2.57. The maximum Gasteiger partial charge on any atom is 0.0856 e. The summed E-state index contributed by atoms with van der Waals surface area (Å²) in [5, 5.41) is 13.8. The van der Waals surface area contributed by atoms with Crippen molar-refractivity contribution in [3.63, 3.8) is 0 Å². The number of fused-ring (bicyclic) bond motifs is 1. The van der Waals surface area contributed by atoms with Crippen molar-refractivity contribution in [1.29, 1.82) is 0 Å². The van der Waals surface area contributed by atoms with Crippen LogP contribution in [0.2, 0.25) is 0 Å². The van der Waals surface area contributed by atoms with Gasteiger partial charge in [-0.15, -0.1) is 6.58 Å². The zero-order chi connectivity index (χ0) is 10.8. The van der Waals surface area contributed by atoms with E-state index in [0.29, 0.717) is 6.54 Å². The fourth-order valence-corrected chi connectivity index (χ4v) is 1.84. The van der Waals surface area contributed by atoms with Crippen LogP contribution in [-0.2, 0) is 19.6 Å². The highest BCUT2D eigenvalue weighted by Gasteiger charge is 2.19. The number of aliphatic imine (C=N–C) groups is 1. The monoisotopic (exact) mass is 205 g/mol. The van der Waals surface area contributed by atoms with E-state index in [9.17, 15) is 5.11 Å². The highest BCUT2D eigenvalue weighted by atomic mass is 16.3. The number of aliphatic hydroxyl groups excluding tert-OH is 1. The Balaban J connectivity index is 2.45. The molecule has 0 spiro atoms. The third kappa shape index (κ3) is 1.72. The van der Waals surface area contributed by atoms with E-state index in [2.05, 4.69) is 23.6 Å². The van der Waals surface area contributed by atoms with Gasteiger partial charge in [-0.1, -0.05) is 6.08 Å². The van der Waals surface area contributed by atoms with Crippen molar-refractivity contribution in [1.82, 2.24) is 9.78 Å². The Morgan fingerprint density at radius 1 is 1.73 bits per heavy atom. The summed E-state index contributed by atoms with van der Waals surface area (Å²) in [4.78, 5) is 4.34. The number of allylic oxidation sites excluding steroid dienone is 1. The van der Waals surface area contributed by atoms with Gasteiger partial charge in [0, 0.05) is 18.2 Å². The van der Waals surface area contributed by atoms with Gasteiger partial charge in [0.05, 0.1) is 30.6 Å². The molecule has 1 N–H and O–H groups in total. The van der Waals surface area contributed by atoms with E-state index in [4.69, 9.17) is 0 Å². The minimum absolute atomic E-state index is 0.00340. The molecule has 4 heteroatoms. The summed E-state index contributed by atoms with van der Waals surface area (Å²) >= 11 is 0. The van der Waals surface area contributed by atoms with Gasteiger partial charge in [-0.05, 0) is 6.92 Å². The van der Waals surface area contributed by atoms with Crippen LogP contribution in [-0.4, -0.2) is 27.1 Å². The summed E-state index contributed by atoms with van der Waals surface area (Å²) < 4.78 is 1.79. The number of rotatable bonds is 3. The molecule has 1 aliphatic rings. The molecule has 1 aromatic rings. The van der Waals surface area contributed by atoms with Crippen LogP contribution >= 0.6 is 0 Å². The second-order valence-electron chi connectivity index (χ2n) is 3.77. The first-order valence-corrected chi connectivity index (χ1v) is 5.09. The average Bonchev–Trinajstić information content (AvgIpc) is 2.54. The largest absolute Gasteiger partial charge is 0.390 e. The van der Waals surface area contributed by atoms with Crippen LogP contribution in [0.25, 0.3) is 0 Å². The molecule has 0 bridgehead atoms. The molecule has 0 aromatic carbocycles. The van der Waals surface area contributed by atoms with Gasteiger partial charge < -0.3 is 5.11 Å². The Morgan fingerprint density at radius 2 is 2.53 bits per heavy atom. The van der Waals surface area contributed by atoms with Gasteiger partial charge in [0.15, 0.2) is 0 Å². The van der Waals surface area contributed by atoms with Crippen LogP contribution in [0.15, 0.2) is 17.6 Å². The van der Waals surface area contributed by atoms with E-state index in [1.54, 1.807) is 10.8 Å². The Kier molecular flexibility index (Phi) is 2.68. The van der Waals surface area contributed by atoms with E-state index >= 15 is 0 Å². The maximum absolute atomic E-state index is 9.30. The molecule has 0 unspecified atom stereocenters. The predicted octanol–water partition coefficient (Wildman–Crippen LogP) is 0.925. The van der Waals surface area contributed by atoms with Crippen molar-refractivity contribution >= 4 is 6.21 Å². The van der Waals surface area contributed by atoms with Crippen molar-refractivity contribution in [3.05, 3.63) is 29.6 Å². The van der Waals surface area contributed by atoms with Gasteiger partial charge >= 0.3 is 0 Å². The third-order valence-electron chi connectivity index (χ3n) is 2.57. The van der Waals surface area contributed by atoms with Gasteiger partial charge in [-0.2, -0.15) is 5.10 Å². The van der Waals surface area contributed by atoms with Crippen LogP contribution in [0.1, 0.15) is 23.9 Å². The quantitative estimate of drug-likeness (QED) is 0.746. The Morgan fingerprint density at radius 3 is 3.20 bits per heavy atom. The summed E-state index contributed by atoms with van der Waals surface area (Å²) in [7, 11) is 0. The molecule has 0 radical (unpaired) electrons. The van der Waals surface area contributed by atoms with Gasteiger partial charge in [-0.25, -0.2) is 0 Å². The Bertz CT molecular complexity index is 406. The van der Waals surface area contributed by atoms with E-state index in [1.807, 2.05) is 6.21 Å². The van der Waals surface area contributed by atoms with Crippen molar-refractivity contribution in [2.45, 2.75) is 32.5 Å². The number of nitrogens with zero attached hydrogens (tertiary/aromatic N) is 3. The second kappa shape index (κ2) is 3.98. The van der Waals surface area contributed by atoms with Crippen LogP contribution in [0.5, 0.6) is 0 Å². The van der Waals surface area contributed by atoms with Crippen molar-refractivity contribution in [2.75, 3.05) is 0 Å². The van der Waals surface area contributed by atoms with Crippen molar-refractivity contribution in [2.24, 2.45) is 4.99 Å². The predicted molar refractivity (Wildman–Crippen MR) is 59.1 cm³/mol. The molecular weight excluding hydrogens is 190 g/mol. The number of hydrogen-bond donors (Lipinski definition) is 1. The van der Waals surface area contributed by atoms with E-state index in [0.717, 1.165) is 23.4 Å². The number of hydrogen-bond acceptors (Lipinski definition) is 3. The molecule has 0 fully saturated rings. The molecule has 0 saturated heterocycles. The first-order chi connectivity index (χ1) is 7.26. The normalized spacial score (nSPS) is 18.9. The van der Waals surface area contributed by atoms with Crippen molar-refractivity contribution in [3.8, 4) is 0 Å². The summed E-state index contributed by atoms with van der Waals surface area (Å²) in [5.41, 5.74) is 2.85. The fourth-order valence-electron chi connectivity index (χ4n) is 1.84. The summed E-state index contributed by atoms with van der Waals surface area (Å²) in [6.45, 7) is 6.36. The zero-order valence-electron chi connectivity index (χ0n) is 8.85. The SMILES string of the molecule is C=CCn1nc2c(c1CO)C=N[C@H](C)C2. The van der Waals surface area contributed by atoms with E-state index < -0.39 is 0 Å². The molecule has 15 heavy (non-hydrogen) atoms. The molecule has 0 aliphatic carbocycles. The van der Waals surface area contributed by atoms with Gasteiger partial charge in [0.25, 0.3) is 0 Å². The molecule has 1 aromatic heterocycles. The van der Waals surface area contributed by atoms with Crippen molar-refractivity contribution < 1.29 is 5.11 Å². The Labute approximate surface area is 89.0 Å². The lowest BCUT2D eigenvalue weighted by atomic mass is 10.1. The summed E-state index contributed by atoms with van der Waals surface area (Å²) in [5.74, 6) is 0. The van der Waals surface area contributed by atoms with Crippen LogP contribution < -0.4 is 0 Å². The molecule has 80 valence electrons. The minimum Gasteiger partial charge on any atom is -0.390 e. The van der Waals surface area contributed by atoms with Gasteiger partial charge in [-0.3, -0.25) is 9.67 Å². The molecule has 1 aliphatic heterocycles. The lowest BCUT2D eigenvalue weighted by Gasteiger charge is -2.09. The maximum atomic E-state index is 9.30. The van der Waals surface area contributed by atoms with Crippen LogP contribution in [0.3, 0.4) is 0 Å². The smallest absolute Gasteiger partial charge is 0.0856 e. The lowest BCUT2D eigenvalue weighted by molar-refractivity contribution is 0.269. The average molecular weight is 205 g/mol. The molecular formula is C11H15N3O. The van der Waals surface area contributed by atoms with Crippen LogP contribution in [0.4, 0.5) is 0 Å². The number of aromatic nitrogens is 2. The highest BCUT2D eigenvalue weighted by molar-refractivity contribution is 5.84. The highest BCUT2D eigenvalue weighted by Crippen LogP contribution is 2.19. The minimum atomic E-state index is -0.00340.